The Morgan fingerprint density at radius 1 is 1.17 bits per heavy atom. The quantitative estimate of drug-likeness (QED) is 0.516. The van der Waals surface area contributed by atoms with Gasteiger partial charge in [0.15, 0.2) is 6.54 Å². The van der Waals surface area contributed by atoms with E-state index in [1.807, 2.05) is 20.8 Å². The highest BCUT2D eigenvalue weighted by atomic mass is 32.2. The Hall–Kier alpha value is -2.17. The maximum absolute atomic E-state index is 12.8. The van der Waals surface area contributed by atoms with Crippen LogP contribution in [0.25, 0.3) is 0 Å². The molecule has 1 aromatic carbocycles. The summed E-state index contributed by atoms with van der Waals surface area (Å²) in [5, 5.41) is 4.94. The molecule has 0 radical (unpaired) electrons. The average Bonchev–Trinajstić information content (AvgIpc) is 2.67. The summed E-state index contributed by atoms with van der Waals surface area (Å²) in [5.74, 6) is 0.556. The number of hydrogen-bond donors (Lipinski definition) is 3. The summed E-state index contributed by atoms with van der Waals surface area (Å²) in [4.78, 5) is 24.8. The Bertz CT molecular complexity index is 787. The summed E-state index contributed by atoms with van der Waals surface area (Å²) in [6, 6.07) is 5.88. The van der Waals surface area contributed by atoms with Crippen LogP contribution in [0.15, 0.2) is 29.2 Å². The van der Waals surface area contributed by atoms with Crippen LogP contribution in [0, 0.1) is 5.92 Å². The third-order valence-electron chi connectivity index (χ3n) is 4.54. The number of hydrogen-bond acceptors (Lipinski definition) is 5. The molecule has 0 bridgehead atoms. The van der Waals surface area contributed by atoms with Crippen LogP contribution in [-0.2, 0) is 14.8 Å². The van der Waals surface area contributed by atoms with Gasteiger partial charge in [0.2, 0.25) is 10.0 Å². The summed E-state index contributed by atoms with van der Waals surface area (Å²) in [7, 11) is -3.58. The third-order valence-corrected chi connectivity index (χ3v) is 6.45. The van der Waals surface area contributed by atoms with Gasteiger partial charge in [-0.1, -0.05) is 13.8 Å². The molecule has 1 aliphatic rings. The molecule has 9 nitrogen and oxygen atoms in total. The molecular formula is C19H31N4O5S+. The normalized spacial score (nSPS) is 15.9. The van der Waals surface area contributed by atoms with Crippen molar-refractivity contribution in [2.45, 2.75) is 25.7 Å². The van der Waals surface area contributed by atoms with Crippen molar-refractivity contribution in [2.24, 2.45) is 5.92 Å². The lowest BCUT2D eigenvalue weighted by atomic mass is 10.2. The highest BCUT2D eigenvalue weighted by Crippen LogP contribution is 2.19. The number of ether oxygens (including phenoxy) is 1. The molecule has 1 aliphatic heterocycles. The predicted octanol–water partition coefficient (Wildman–Crippen LogP) is -0.544. The Morgan fingerprint density at radius 2 is 1.79 bits per heavy atom. The Balaban J connectivity index is 1.83. The molecule has 162 valence electrons. The molecular weight excluding hydrogens is 396 g/mol. The predicted molar refractivity (Wildman–Crippen MR) is 108 cm³/mol. The molecule has 10 heteroatoms. The second-order valence-electron chi connectivity index (χ2n) is 7.39. The molecule has 29 heavy (non-hydrogen) atoms. The van der Waals surface area contributed by atoms with E-state index in [2.05, 4.69) is 10.6 Å². The summed E-state index contributed by atoms with van der Waals surface area (Å²) in [6.45, 7) is 8.57. The molecule has 2 rings (SSSR count). The highest BCUT2D eigenvalue weighted by molar-refractivity contribution is 7.89. The van der Waals surface area contributed by atoms with Crippen LogP contribution in [0.4, 0.5) is 4.79 Å². The first kappa shape index (κ1) is 23.1. The van der Waals surface area contributed by atoms with Crippen molar-refractivity contribution in [1.82, 2.24) is 14.9 Å². The van der Waals surface area contributed by atoms with Gasteiger partial charge in [-0.05, 0) is 37.1 Å². The molecule has 3 amide bonds. The van der Waals surface area contributed by atoms with E-state index in [0.717, 1.165) is 4.90 Å². The van der Waals surface area contributed by atoms with Gasteiger partial charge >= 0.3 is 6.03 Å². The smallest absolute Gasteiger partial charge is 0.321 e. The van der Waals surface area contributed by atoms with Crippen LogP contribution in [0.5, 0.6) is 5.75 Å². The third kappa shape index (κ3) is 6.98. The van der Waals surface area contributed by atoms with E-state index >= 15 is 0 Å². The second kappa shape index (κ2) is 10.6. The second-order valence-corrected chi connectivity index (χ2v) is 9.33. The number of imide groups is 1. The zero-order valence-electron chi connectivity index (χ0n) is 17.2. The number of amides is 3. The summed E-state index contributed by atoms with van der Waals surface area (Å²) < 4.78 is 32.4. The van der Waals surface area contributed by atoms with Crippen LogP contribution in [0.3, 0.4) is 0 Å². The maximum Gasteiger partial charge on any atom is 0.321 e. The minimum Gasteiger partial charge on any atom is -0.494 e. The van der Waals surface area contributed by atoms with E-state index in [0.29, 0.717) is 51.0 Å². The minimum absolute atomic E-state index is 0.131. The molecule has 1 saturated heterocycles. The fraction of sp³-hybridized carbons (Fsp3) is 0.579. The molecule has 0 aliphatic carbocycles. The highest BCUT2D eigenvalue weighted by Gasteiger charge is 2.31. The van der Waals surface area contributed by atoms with Crippen LogP contribution in [0.2, 0.25) is 0 Å². The first-order valence-electron chi connectivity index (χ1n) is 9.86. The van der Waals surface area contributed by atoms with Crippen LogP contribution >= 0.6 is 0 Å². The largest absolute Gasteiger partial charge is 0.494 e. The molecule has 0 atom stereocenters. The molecule has 0 unspecified atom stereocenters. The first-order chi connectivity index (χ1) is 13.7. The SMILES string of the molecule is CCOc1ccc(S(=O)(=O)N2CC[NH+](CC(=O)NC(=O)NCC(C)C)CC2)cc1. The van der Waals surface area contributed by atoms with Gasteiger partial charge in [-0.3, -0.25) is 10.1 Å². The Labute approximate surface area is 172 Å². The number of carbonyl (C=O) groups is 2. The monoisotopic (exact) mass is 427 g/mol. The fourth-order valence-electron chi connectivity index (χ4n) is 2.98. The minimum atomic E-state index is -3.58. The van der Waals surface area contributed by atoms with Crippen molar-refractivity contribution in [2.75, 3.05) is 45.9 Å². The lowest BCUT2D eigenvalue weighted by Gasteiger charge is -2.31. The topological polar surface area (TPSA) is 109 Å². The molecule has 0 saturated carbocycles. The first-order valence-corrected chi connectivity index (χ1v) is 11.3. The van der Waals surface area contributed by atoms with Crippen LogP contribution in [0.1, 0.15) is 20.8 Å². The van der Waals surface area contributed by atoms with Crippen molar-refractivity contribution in [1.29, 1.82) is 0 Å². The van der Waals surface area contributed by atoms with Crippen molar-refractivity contribution in [3.05, 3.63) is 24.3 Å². The number of sulfonamides is 1. The van der Waals surface area contributed by atoms with E-state index in [9.17, 15) is 18.0 Å². The molecule has 0 spiro atoms. The van der Waals surface area contributed by atoms with E-state index < -0.39 is 16.1 Å². The number of carbonyl (C=O) groups excluding carboxylic acids is 2. The van der Waals surface area contributed by atoms with Crippen LogP contribution < -0.4 is 20.3 Å². The molecule has 1 fully saturated rings. The summed E-state index contributed by atoms with van der Waals surface area (Å²) in [5.41, 5.74) is 0. The van der Waals surface area contributed by atoms with E-state index in [1.54, 1.807) is 24.3 Å². The van der Waals surface area contributed by atoms with E-state index in [1.165, 1.54) is 4.31 Å². The Kier molecular flexibility index (Phi) is 8.42. The molecule has 1 heterocycles. The van der Waals surface area contributed by atoms with Crippen LogP contribution in [-0.4, -0.2) is 70.5 Å². The van der Waals surface area contributed by atoms with Gasteiger partial charge in [0, 0.05) is 6.54 Å². The zero-order chi connectivity index (χ0) is 21.4. The van der Waals surface area contributed by atoms with Gasteiger partial charge in [-0.25, -0.2) is 13.2 Å². The van der Waals surface area contributed by atoms with Crippen molar-refractivity contribution in [3.63, 3.8) is 0 Å². The fourth-order valence-corrected chi connectivity index (χ4v) is 4.42. The van der Waals surface area contributed by atoms with Gasteiger partial charge in [-0.15, -0.1) is 0 Å². The Morgan fingerprint density at radius 3 is 2.34 bits per heavy atom. The molecule has 1 aromatic rings. The van der Waals surface area contributed by atoms with Gasteiger partial charge < -0.3 is 15.0 Å². The molecule has 0 aromatic heterocycles. The number of piperazine rings is 1. The van der Waals surface area contributed by atoms with E-state index in [-0.39, 0.29) is 17.3 Å². The van der Waals surface area contributed by atoms with Gasteiger partial charge in [0.25, 0.3) is 5.91 Å². The van der Waals surface area contributed by atoms with Crippen molar-refractivity contribution in [3.8, 4) is 5.75 Å². The van der Waals surface area contributed by atoms with Gasteiger partial charge in [0.05, 0.1) is 37.7 Å². The summed E-state index contributed by atoms with van der Waals surface area (Å²) >= 11 is 0. The standard InChI is InChI=1S/C19H30N4O5S/c1-4-28-16-5-7-17(8-6-16)29(26,27)23-11-9-22(10-12-23)14-18(24)21-19(25)20-13-15(2)3/h5-8,15H,4,9-14H2,1-3H3,(H2,20,21,24,25)/p+1. The molecule has 3 N–H and O–H groups in total. The number of quaternary nitrogens is 1. The lowest BCUT2D eigenvalue weighted by Crippen LogP contribution is -3.15. The van der Waals surface area contributed by atoms with Gasteiger partial charge in [-0.2, -0.15) is 4.31 Å². The number of benzene rings is 1. The van der Waals surface area contributed by atoms with Gasteiger partial charge in [0.1, 0.15) is 5.75 Å². The average molecular weight is 428 g/mol. The van der Waals surface area contributed by atoms with Crippen molar-refractivity contribution < 1.29 is 27.6 Å². The van der Waals surface area contributed by atoms with Crippen molar-refractivity contribution >= 4 is 22.0 Å². The number of nitrogens with one attached hydrogen (secondary N) is 3. The maximum atomic E-state index is 12.8. The number of nitrogens with zero attached hydrogens (tertiary/aromatic N) is 1. The number of urea groups is 1. The number of rotatable bonds is 8. The lowest BCUT2D eigenvalue weighted by molar-refractivity contribution is -0.895. The zero-order valence-corrected chi connectivity index (χ0v) is 18.0. The summed E-state index contributed by atoms with van der Waals surface area (Å²) in [6.07, 6.45) is 0. The van der Waals surface area contributed by atoms with E-state index in [4.69, 9.17) is 4.74 Å².